The Kier molecular flexibility index (Phi) is 39.5. The first-order valence-electron chi connectivity index (χ1n) is 22.2. The molecule has 0 spiro atoms. The van der Waals surface area contributed by atoms with E-state index in [1.165, 1.54) is 154 Å². The number of unbranched alkanes of at least 4 members (excludes halogenated alkanes) is 27. The zero-order chi connectivity index (χ0) is 38.9. The highest BCUT2D eigenvalue weighted by atomic mass is 31.2. The highest BCUT2D eigenvalue weighted by molar-refractivity contribution is 7.47. The molecule has 0 aliphatic rings. The first-order chi connectivity index (χ1) is 25.8. The number of rotatable bonds is 42. The molecule has 0 aliphatic heterocycles. The fourth-order valence-corrected chi connectivity index (χ4v) is 7.10. The van der Waals surface area contributed by atoms with E-state index >= 15 is 0 Å². The molecule has 0 rings (SSSR count). The normalized spacial score (nSPS) is 13.4. The molecule has 0 saturated carbocycles. The molecule has 0 amide bonds. The Morgan fingerprint density at radius 2 is 0.925 bits per heavy atom. The molecule has 0 aromatic carbocycles. The van der Waals surface area contributed by atoms with Gasteiger partial charge in [-0.1, -0.05) is 180 Å². The molecule has 0 heterocycles. The largest absolute Gasteiger partial charge is 0.472 e. The summed E-state index contributed by atoms with van der Waals surface area (Å²) in [7, 11) is -4.37. The fourth-order valence-electron chi connectivity index (χ4n) is 6.34. The number of allylic oxidation sites excluding steroid dienone is 2. The van der Waals surface area contributed by atoms with Crippen LogP contribution in [-0.2, 0) is 32.7 Å². The standard InChI is InChI=1S/C43H84NO8P/c1-3-5-7-9-11-13-15-17-19-20-22-23-25-27-29-31-33-35-42(45)49-39-41(40-51-53(47,48)50-38-37-44)52-43(46)36-34-32-30-28-26-24-21-18-16-14-12-10-8-6-4-2/h17,19,41H,3-16,18,20-40,44H2,1-2H3,(H,47,48)/t41-/m1/s1. The summed E-state index contributed by atoms with van der Waals surface area (Å²) >= 11 is 0. The van der Waals surface area contributed by atoms with E-state index in [-0.39, 0.29) is 38.6 Å². The summed E-state index contributed by atoms with van der Waals surface area (Å²) in [6, 6.07) is 0. The van der Waals surface area contributed by atoms with Crippen molar-refractivity contribution in [3.8, 4) is 0 Å². The van der Waals surface area contributed by atoms with Crippen LogP contribution in [0.5, 0.6) is 0 Å². The van der Waals surface area contributed by atoms with Crippen LogP contribution in [0.3, 0.4) is 0 Å². The Balaban J connectivity index is 4.11. The van der Waals surface area contributed by atoms with Gasteiger partial charge in [-0.2, -0.15) is 0 Å². The quantitative estimate of drug-likeness (QED) is 0.0269. The Bertz CT molecular complexity index is 886. The molecule has 0 aromatic rings. The van der Waals surface area contributed by atoms with Crippen molar-refractivity contribution in [1.82, 2.24) is 0 Å². The third-order valence-electron chi connectivity index (χ3n) is 9.65. The molecule has 1 unspecified atom stereocenters. The molecule has 0 saturated heterocycles. The van der Waals surface area contributed by atoms with E-state index in [1.54, 1.807) is 0 Å². The lowest BCUT2D eigenvalue weighted by atomic mass is 10.0. The zero-order valence-electron chi connectivity index (χ0n) is 34.5. The molecule has 9 nitrogen and oxygen atoms in total. The van der Waals surface area contributed by atoms with Crippen LogP contribution >= 0.6 is 7.82 Å². The maximum atomic E-state index is 12.6. The number of hydrogen-bond donors (Lipinski definition) is 2. The summed E-state index contributed by atoms with van der Waals surface area (Å²) in [4.78, 5) is 34.9. The van der Waals surface area contributed by atoms with Crippen molar-refractivity contribution in [2.75, 3.05) is 26.4 Å². The van der Waals surface area contributed by atoms with Crippen LogP contribution < -0.4 is 5.73 Å². The highest BCUT2D eigenvalue weighted by Crippen LogP contribution is 2.43. The number of hydrogen-bond acceptors (Lipinski definition) is 8. The molecular formula is C43H84NO8P. The molecule has 314 valence electrons. The number of phosphoric acid groups is 1. The number of nitrogens with two attached hydrogens (primary N) is 1. The second-order valence-corrected chi connectivity index (χ2v) is 16.4. The van der Waals surface area contributed by atoms with Gasteiger partial charge < -0.3 is 20.1 Å². The van der Waals surface area contributed by atoms with Crippen molar-refractivity contribution in [3.63, 3.8) is 0 Å². The number of carbonyl (C=O) groups excluding carboxylic acids is 2. The second-order valence-electron chi connectivity index (χ2n) is 14.9. The Morgan fingerprint density at radius 3 is 1.34 bits per heavy atom. The second kappa shape index (κ2) is 40.4. The van der Waals surface area contributed by atoms with Gasteiger partial charge in [-0.3, -0.25) is 18.6 Å². The fraction of sp³-hybridized carbons (Fsp3) is 0.907. The molecule has 10 heteroatoms. The lowest BCUT2D eigenvalue weighted by molar-refractivity contribution is -0.161. The SMILES string of the molecule is CCCCCCCCC=CCCCCCCCCCC(=O)OC[C@H](COP(=O)(O)OCCN)OC(=O)CCCCCCCCCCCCCCCCC. The average molecular weight is 774 g/mol. The third-order valence-corrected chi connectivity index (χ3v) is 10.6. The van der Waals surface area contributed by atoms with Gasteiger partial charge in [0.15, 0.2) is 6.10 Å². The molecule has 0 aliphatic carbocycles. The maximum absolute atomic E-state index is 12.6. The van der Waals surface area contributed by atoms with E-state index in [9.17, 15) is 19.0 Å². The maximum Gasteiger partial charge on any atom is 0.472 e. The van der Waals surface area contributed by atoms with E-state index in [1.807, 2.05) is 0 Å². The van der Waals surface area contributed by atoms with E-state index in [0.717, 1.165) is 32.1 Å². The van der Waals surface area contributed by atoms with Gasteiger partial charge in [-0.15, -0.1) is 0 Å². The van der Waals surface area contributed by atoms with Crippen LogP contribution in [0.2, 0.25) is 0 Å². The zero-order valence-corrected chi connectivity index (χ0v) is 35.4. The number of carbonyl (C=O) groups is 2. The first kappa shape index (κ1) is 51.8. The van der Waals surface area contributed by atoms with Crippen molar-refractivity contribution >= 4 is 19.8 Å². The van der Waals surface area contributed by atoms with Gasteiger partial charge in [0.05, 0.1) is 13.2 Å². The lowest BCUT2D eigenvalue weighted by Gasteiger charge is -2.19. The molecule has 0 radical (unpaired) electrons. The van der Waals surface area contributed by atoms with Gasteiger partial charge in [0, 0.05) is 19.4 Å². The van der Waals surface area contributed by atoms with E-state index in [2.05, 4.69) is 26.0 Å². The van der Waals surface area contributed by atoms with E-state index < -0.39 is 26.5 Å². The molecule has 0 bridgehead atoms. The summed E-state index contributed by atoms with van der Waals surface area (Å²) in [6.45, 7) is 3.75. The summed E-state index contributed by atoms with van der Waals surface area (Å²) in [5.41, 5.74) is 5.35. The van der Waals surface area contributed by atoms with Crippen molar-refractivity contribution in [3.05, 3.63) is 12.2 Å². The van der Waals surface area contributed by atoms with Crippen molar-refractivity contribution in [2.45, 2.75) is 225 Å². The first-order valence-corrected chi connectivity index (χ1v) is 23.7. The predicted molar refractivity (Wildman–Crippen MR) is 220 cm³/mol. The van der Waals surface area contributed by atoms with Crippen LogP contribution in [0, 0.1) is 0 Å². The summed E-state index contributed by atoms with van der Waals surface area (Å²) < 4.78 is 32.8. The van der Waals surface area contributed by atoms with Gasteiger partial charge >= 0.3 is 19.8 Å². The number of phosphoric ester groups is 1. The van der Waals surface area contributed by atoms with Gasteiger partial charge in [-0.25, -0.2) is 4.57 Å². The summed E-state index contributed by atoms with van der Waals surface area (Å²) in [5.74, 6) is -0.822. The molecule has 0 fully saturated rings. The van der Waals surface area contributed by atoms with Crippen LogP contribution in [0.1, 0.15) is 219 Å². The van der Waals surface area contributed by atoms with Crippen LogP contribution in [0.15, 0.2) is 12.2 Å². The van der Waals surface area contributed by atoms with Gasteiger partial charge in [-0.05, 0) is 38.5 Å². The van der Waals surface area contributed by atoms with Crippen molar-refractivity contribution < 1.29 is 37.6 Å². The topological polar surface area (TPSA) is 134 Å². The van der Waals surface area contributed by atoms with Crippen LogP contribution in [-0.4, -0.2) is 49.3 Å². The predicted octanol–water partition coefficient (Wildman–Crippen LogP) is 12.6. The van der Waals surface area contributed by atoms with E-state index in [4.69, 9.17) is 24.3 Å². The Hall–Kier alpha value is -1.25. The van der Waals surface area contributed by atoms with Crippen molar-refractivity contribution in [1.29, 1.82) is 0 Å². The number of ether oxygens (including phenoxy) is 2. The van der Waals surface area contributed by atoms with Crippen molar-refractivity contribution in [2.24, 2.45) is 5.73 Å². The van der Waals surface area contributed by atoms with Gasteiger partial charge in [0.25, 0.3) is 0 Å². The molecule has 0 aromatic heterocycles. The smallest absolute Gasteiger partial charge is 0.462 e. The van der Waals surface area contributed by atoms with Crippen LogP contribution in [0.4, 0.5) is 0 Å². The minimum absolute atomic E-state index is 0.0557. The van der Waals surface area contributed by atoms with Gasteiger partial charge in [0.2, 0.25) is 0 Å². The molecule has 3 N–H and O–H groups in total. The van der Waals surface area contributed by atoms with Crippen LogP contribution in [0.25, 0.3) is 0 Å². The average Bonchev–Trinajstić information content (AvgIpc) is 3.14. The summed E-state index contributed by atoms with van der Waals surface area (Å²) in [6.07, 6.45) is 40.9. The van der Waals surface area contributed by atoms with E-state index in [0.29, 0.717) is 6.42 Å². The monoisotopic (exact) mass is 774 g/mol. The minimum Gasteiger partial charge on any atom is -0.462 e. The molecular weight excluding hydrogens is 689 g/mol. The Morgan fingerprint density at radius 1 is 0.547 bits per heavy atom. The third kappa shape index (κ3) is 40.2. The highest BCUT2D eigenvalue weighted by Gasteiger charge is 2.26. The molecule has 2 atom stereocenters. The molecule has 53 heavy (non-hydrogen) atoms. The van der Waals surface area contributed by atoms with Gasteiger partial charge in [0.1, 0.15) is 6.61 Å². The summed E-state index contributed by atoms with van der Waals surface area (Å²) in [5, 5.41) is 0. The number of esters is 2. The minimum atomic E-state index is -4.37. The Labute approximate surface area is 326 Å². The lowest BCUT2D eigenvalue weighted by Crippen LogP contribution is -2.29.